The number of carbonyl (C=O) groups is 3. The summed E-state index contributed by atoms with van der Waals surface area (Å²) in [6.45, 7) is 14.0. The molecule has 3 unspecified atom stereocenters. The zero-order valence-corrected chi connectivity index (χ0v) is 27.1. The molecule has 2 amide bonds. The van der Waals surface area contributed by atoms with Gasteiger partial charge < -0.3 is 25.2 Å². The van der Waals surface area contributed by atoms with E-state index in [0.717, 1.165) is 38.5 Å². The molecule has 1 heterocycles. The van der Waals surface area contributed by atoms with E-state index in [1.807, 2.05) is 13.8 Å². The zero-order chi connectivity index (χ0) is 30.7. The average Bonchev–Trinajstić information content (AvgIpc) is 2.89. The van der Waals surface area contributed by atoms with Gasteiger partial charge in [0.2, 0.25) is 11.8 Å². The summed E-state index contributed by atoms with van der Waals surface area (Å²) in [5, 5.41) is 16.6. The van der Waals surface area contributed by atoms with Crippen molar-refractivity contribution in [3.63, 3.8) is 0 Å². The van der Waals surface area contributed by atoms with Crippen molar-refractivity contribution in [3.05, 3.63) is 0 Å². The first kappa shape index (κ1) is 35.5. The van der Waals surface area contributed by atoms with Crippen LogP contribution >= 0.6 is 0 Å². The fourth-order valence-electron chi connectivity index (χ4n) is 6.48. The standard InChI is InChI=1S/C33H60N2O6/c1-8-9-10-11-12-13-14-16-19-25(24(2)3)28(36)35-33(20-17-15-18-21-33)26(30(38)39)22-34-29(37)27-31(4,5)23-40-32(6,7)41-27/h24-27H,8-23H2,1-7H3,(H,34,37)(H,35,36)(H,38,39). The van der Waals surface area contributed by atoms with Gasteiger partial charge in [0.05, 0.1) is 18.1 Å². The summed E-state index contributed by atoms with van der Waals surface area (Å²) in [6.07, 6.45) is 13.7. The van der Waals surface area contributed by atoms with Crippen molar-refractivity contribution in [3.8, 4) is 0 Å². The van der Waals surface area contributed by atoms with E-state index in [4.69, 9.17) is 9.47 Å². The van der Waals surface area contributed by atoms with Gasteiger partial charge in [-0.1, -0.05) is 105 Å². The van der Waals surface area contributed by atoms with Gasteiger partial charge in [0.1, 0.15) is 6.10 Å². The van der Waals surface area contributed by atoms with Crippen molar-refractivity contribution < 1.29 is 29.0 Å². The van der Waals surface area contributed by atoms with Gasteiger partial charge in [0.25, 0.3) is 0 Å². The summed E-state index contributed by atoms with van der Waals surface area (Å²) < 4.78 is 11.7. The molecule has 1 saturated heterocycles. The van der Waals surface area contributed by atoms with Crippen LogP contribution in [0.25, 0.3) is 0 Å². The Morgan fingerprint density at radius 1 is 0.902 bits per heavy atom. The number of carboxylic acids is 1. The van der Waals surface area contributed by atoms with E-state index in [1.165, 1.54) is 38.5 Å². The first-order chi connectivity index (χ1) is 19.2. The van der Waals surface area contributed by atoms with Crippen LogP contribution < -0.4 is 10.6 Å². The number of carboxylic acid groups (broad SMARTS) is 1. The number of hydrogen-bond acceptors (Lipinski definition) is 5. The number of nitrogens with one attached hydrogen (secondary N) is 2. The number of unbranched alkanes of at least 4 members (excludes halogenated alkanes) is 7. The van der Waals surface area contributed by atoms with Crippen LogP contribution in [0, 0.1) is 23.2 Å². The second kappa shape index (κ2) is 16.3. The quantitative estimate of drug-likeness (QED) is 0.167. The van der Waals surface area contributed by atoms with Crippen LogP contribution in [0.2, 0.25) is 0 Å². The third-order valence-corrected chi connectivity index (χ3v) is 9.22. The Morgan fingerprint density at radius 2 is 1.49 bits per heavy atom. The maximum absolute atomic E-state index is 13.7. The zero-order valence-electron chi connectivity index (χ0n) is 27.1. The molecule has 2 rings (SSSR count). The van der Waals surface area contributed by atoms with Crippen LogP contribution in [0.15, 0.2) is 0 Å². The Kier molecular flexibility index (Phi) is 14.1. The molecule has 3 atom stereocenters. The molecule has 0 bridgehead atoms. The van der Waals surface area contributed by atoms with Gasteiger partial charge in [-0.3, -0.25) is 14.4 Å². The number of amides is 2. The molecule has 8 heteroatoms. The van der Waals surface area contributed by atoms with E-state index < -0.39 is 34.7 Å². The molecule has 0 aromatic carbocycles. The van der Waals surface area contributed by atoms with Crippen LogP contribution in [0.1, 0.15) is 138 Å². The molecule has 1 saturated carbocycles. The van der Waals surface area contributed by atoms with Gasteiger partial charge in [-0.2, -0.15) is 0 Å². The summed E-state index contributed by atoms with van der Waals surface area (Å²) >= 11 is 0. The molecule has 0 aromatic heterocycles. The summed E-state index contributed by atoms with van der Waals surface area (Å²) in [6, 6.07) is 0. The lowest BCUT2D eigenvalue weighted by Gasteiger charge is -2.45. The van der Waals surface area contributed by atoms with Crippen molar-refractivity contribution in [2.24, 2.45) is 23.2 Å². The fraction of sp³-hybridized carbons (Fsp3) is 0.909. The molecule has 2 fully saturated rings. The Morgan fingerprint density at radius 3 is 2.05 bits per heavy atom. The Bertz CT molecular complexity index is 834. The van der Waals surface area contributed by atoms with Gasteiger partial charge in [-0.15, -0.1) is 0 Å². The van der Waals surface area contributed by atoms with Crippen LogP contribution in [0.5, 0.6) is 0 Å². The largest absolute Gasteiger partial charge is 0.481 e. The molecular weight excluding hydrogens is 520 g/mol. The van der Waals surface area contributed by atoms with Gasteiger partial charge in [0, 0.05) is 17.9 Å². The van der Waals surface area contributed by atoms with Gasteiger partial charge >= 0.3 is 5.97 Å². The molecular formula is C33H60N2O6. The van der Waals surface area contributed by atoms with Gasteiger partial charge in [-0.25, -0.2) is 0 Å². The molecule has 238 valence electrons. The number of aliphatic carboxylic acids is 1. The maximum Gasteiger partial charge on any atom is 0.310 e. The van der Waals surface area contributed by atoms with E-state index in [0.29, 0.717) is 19.4 Å². The second-order valence-corrected chi connectivity index (χ2v) is 14.1. The molecule has 2 aliphatic rings. The number of hydrogen-bond donors (Lipinski definition) is 3. The normalized spacial score (nSPS) is 23.0. The van der Waals surface area contributed by atoms with Crippen molar-refractivity contribution >= 4 is 17.8 Å². The van der Waals surface area contributed by atoms with Crippen molar-refractivity contribution in [2.75, 3.05) is 13.2 Å². The predicted molar refractivity (Wildman–Crippen MR) is 162 cm³/mol. The van der Waals surface area contributed by atoms with E-state index in [2.05, 4.69) is 31.4 Å². The molecule has 0 radical (unpaired) electrons. The third-order valence-electron chi connectivity index (χ3n) is 9.22. The predicted octanol–water partition coefficient (Wildman–Crippen LogP) is 6.60. The lowest BCUT2D eigenvalue weighted by molar-refractivity contribution is -0.304. The average molecular weight is 581 g/mol. The SMILES string of the molecule is CCCCCCCCCCC(C(=O)NC1(C(CNC(=O)C2OC(C)(C)OCC2(C)C)C(=O)O)CCCCC1)C(C)C. The minimum Gasteiger partial charge on any atom is -0.481 e. The lowest BCUT2D eigenvalue weighted by atomic mass is 9.71. The summed E-state index contributed by atoms with van der Waals surface area (Å²) in [5.74, 6) is -3.20. The smallest absolute Gasteiger partial charge is 0.310 e. The van der Waals surface area contributed by atoms with Crippen molar-refractivity contribution in [2.45, 2.75) is 156 Å². The van der Waals surface area contributed by atoms with Crippen LogP contribution in [-0.4, -0.2) is 53.5 Å². The van der Waals surface area contributed by atoms with Crippen LogP contribution in [-0.2, 0) is 23.9 Å². The minimum atomic E-state index is -0.996. The highest BCUT2D eigenvalue weighted by Gasteiger charge is 2.48. The lowest BCUT2D eigenvalue weighted by Crippen LogP contribution is -2.62. The molecule has 0 spiro atoms. The molecule has 8 nitrogen and oxygen atoms in total. The van der Waals surface area contributed by atoms with Crippen molar-refractivity contribution in [1.82, 2.24) is 10.6 Å². The fourth-order valence-corrected chi connectivity index (χ4v) is 6.48. The van der Waals surface area contributed by atoms with Gasteiger partial charge in [0.15, 0.2) is 5.79 Å². The molecule has 3 N–H and O–H groups in total. The number of rotatable bonds is 17. The van der Waals surface area contributed by atoms with E-state index in [-0.39, 0.29) is 30.2 Å². The van der Waals surface area contributed by atoms with Gasteiger partial charge in [-0.05, 0) is 39.0 Å². The first-order valence-corrected chi connectivity index (χ1v) is 16.4. The monoisotopic (exact) mass is 580 g/mol. The Labute approximate surface area is 249 Å². The summed E-state index contributed by atoms with van der Waals surface area (Å²) in [4.78, 5) is 39.7. The van der Waals surface area contributed by atoms with E-state index in [1.54, 1.807) is 13.8 Å². The van der Waals surface area contributed by atoms with Crippen molar-refractivity contribution in [1.29, 1.82) is 0 Å². The highest BCUT2D eigenvalue weighted by Crippen LogP contribution is 2.37. The molecule has 41 heavy (non-hydrogen) atoms. The highest BCUT2D eigenvalue weighted by atomic mass is 16.7. The van der Waals surface area contributed by atoms with E-state index >= 15 is 0 Å². The Hall–Kier alpha value is -1.67. The number of ether oxygens (including phenoxy) is 2. The first-order valence-electron chi connectivity index (χ1n) is 16.4. The Balaban J connectivity index is 2.07. The second-order valence-electron chi connectivity index (χ2n) is 14.1. The van der Waals surface area contributed by atoms with Crippen LogP contribution in [0.3, 0.4) is 0 Å². The molecule has 1 aliphatic heterocycles. The topological polar surface area (TPSA) is 114 Å². The maximum atomic E-state index is 13.7. The summed E-state index contributed by atoms with van der Waals surface area (Å²) in [7, 11) is 0. The number of carbonyl (C=O) groups excluding carboxylic acids is 2. The minimum absolute atomic E-state index is 0.0435. The summed E-state index contributed by atoms with van der Waals surface area (Å²) in [5.41, 5.74) is -1.44. The highest BCUT2D eigenvalue weighted by molar-refractivity contribution is 5.84. The molecule has 0 aromatic rings. The molecule has 1 aliphatic carbocycles. The van der Waals surface area contributed by atoms with E-state index in [9.17, 15) is 19.5 Å². The third kappa shape index (κ3) is 10.8. The van der Waals surface area contributed by atoms with Crippen LogP contribution in [0.4, 0.5) is 0 Å².